The molecule has 22 heavy (non-hydrogen) atoms. The largest absolute Gasteiger partial charge is 0.416 e. The van der Waals surface area contributed by atoms with E-state index in [1.54, 1.807) is 31.1 Å². The standard InChI is InChI=1S/C15H14F3N3O/c1-21(2)13-7-6-10(15(16,17)18)9-12(13)20-14(22)11-5-3-4-8-19-11/h3-9H,1-2H3,(H,20,22). The van der Waals surface area contributed by atoms with Crippen LogP contribution in [-0.4, -0.2) is 25.0 Å². The van der Waals surface area contributed by atoms with Crippen molar-refractivity contribution in [2.45, 2.75) is 6.18 Å². The van der Waals surface area contributed by atoms with Gasteiger partial charge in [-0.1, -0.05) is 6.07 Å². The number of nitrogens with zero attached hydrogens (tertiary/aromatic N) is 2. The van der Waals surface area contributed by atoms with Crippen LogP contribution in [0.4, 0.5) is 24.5 Å². The van der Waals surface area contributed by atoms with Crippen LogP contribution in [0.15, 0.2) is 42.6 Å². The minimum absolute atomic E-state index is 0.0791. The Labute approximate surface area is 125 Å². The molecule has 1 amide bonds. The molecule has 0 aliphatic heterocycles. The van der Waals surface area contributed by atoms with Crippen LogP contribution < -0.4 is 10.2 Å². The molecular formula is C15H14F3N3O. The van der Waals surface area contributed by atoms with E-state index in [0.717, 1.165) is 12.1 Å². The van der Waals surface area contributed by atoms with Gasteiger partial charge in [0.2, 0.25) is 0 Å². The fourth-order valence-corrected chi connectivity index (χ4v) is 1.89. The van der Waals surface area contributed by atoms with Crippen LogP contribution in [0.25, 0.3) is 0 Å². The number of rotatable bonds is 3. The van der Waals surface area contributed by atoms with Gasteiger partial charge in [0.05, 0.1) is 16.9 Å². The predicted molar refractivity (Wildman–Crippen MR) is 78.0 cm³/mol. The van der Waals surface area contributed by atoms with Crippen molar-refractivity contribution in [3.05, 3.63) is 53.9 Å². The summed E-state index contributed by atoms with van der Waals surface area (Å²) in [6, 6.07) is 7.96. The van der Waals surface area contributed by atoms with E-state index in [0.29, 0.717) is 5.69 Å². The summed E-state index contributed by atoms with van der Waals surface area (Å²) in [4.78, 5) is 17.6. The Hall–Kier alpha value is -2.57. The Morgan fingerprint density at radius 2 is 1.91 bits per heavy atom. The van der Waals surface area contributed by atoms with E-state index in [4.69, 9.17) is 0 Å². The van der Waals surface area contributed by atoms with Crippen LogP contribution in [0.3, 0.4) is 0 Å². The highest BCUT2D eigenvalue weighted by Crippen LogP contribution is 2.35. The first-order valence-electron chi connectivity index (χ1n) is 6.40. The average Bonchev–Trinajstić information content (AvgIpc) is 2.47. The molecular weight excluding hydrogens is 295 g/mol. The molecule has 0 unspecified atom stereocenters. The molecule has 1 aromatic heterocycles. The summed E-state index contributed by atoms with van der Waals surface area (Å²) >= 11 is 0. The molecule has 7 heteroatoms. The summed E-state index contributed by atoms with van der Waals surface area (Å²) in [5.74, 6) is -0.567. The molecule has 116 valence electrons. The van der Waals surface area contributed by atoms with Gasteiger partial charge in [-0.05, 0) is 30.3 Å². The lowest BCUT2D eigenvalue weighted by molar-refractivity contribution is -0.137. The summed E-state index contributed by atoms with van der Waals surface area (Å²) in [5, 5.41) is 2.48. The molecule has 1 aromatic carbocycles. The van der Waals surface area contributed by atoms with Gasteiger partial charge in [-0.15, -0.1) is 0 Å². The number of benzene rings is 1. The van der Waals surface area contributed by atoms with Crippen molar-refractivity contribution in [2.24, 2.45) is 0 Å². The lowest BCUT2D eigenvalue weighted by atomic mass is 10.1. The number of anilines is 2. The number of carbonyl (C=O) groups excluding carboxylic acids is 1. The van der Waals surface area contributed by atoms with Crippen LogP contribution in [0.5, 0.6) is 0 Å². The molecule has 0 bridgehead atoms. The summed E-state index contributed by atoms with van der Waals surface area (Å²) < 4.78 is 38.5. The Morgan fingerprint density at radius 3 is 2.45 bits per heavy atom. The Balaban J connectivity index is 2.37. The van der Waals surface area contributed by atoms with Crippen LogP contribution in [-0.2, 0) is 6.18 Å². The normalized spacial score (nSPS) is 11.1. The number of hydrogen-bond donors (Lipinski definition) is 1. The molecule has 1 heterocycles. The van der Waals surface area contributed by atoms with E-state index in [-0.39, 0.29) is 11.4 Å². The molecule has 0 atom stereocenters. The van der Waals surface area contributed by atoms with Crippen molar-refractivity contribution in [3.63, 3.8) is 0 Å². The highest BCUT2D eigenvalue weighted by atomic mass is 19.4. The molecule has 2 rings (SSSR count). The van der Waals surface area contributed by atoms with Crippen LogP contribution in [0.1, 0.15) is 16.1 Å². The first-order valence-corrected chi connectivity index (χ1v) is 6.40. The number of aromatic nitrogens is 1. The highest BCUT2D eigenvalue weighted by molar-refractivity contribution is 6.04. The molecule has 0 aliphatic rings. The van der Waals surface area contributed by atoms with Crippen molar-refractivity contribution in [2.75, 3.05) is 24.3 Å². The van der Waals surface area contributed by atoms with E-state index in [1.165, 1.54) is 18.3 Å². The van der Waals surface area contributed by atoms with Crippen LogP contribution in [0, 0.1) is 0 Å². The van der Waals surface area contributed by atoms with Crippen molar-refractivity contribution >= 4 is 17.3 Å². The quantitative estimate of drug-likeness (QED) is 0.945. The zero-order valence-corrected chi connectivity index (χ0v) is 12.0. The molecule has 1 N–H and O–H groups in total. The van der Waals surface area contributed by atoms with Gasteiger partial charge in [0, 0.05) is 20.3 Å². The Bertz CT molecular complexity index is 669. The second-order valence-electron chi connectivity index (χ2n) is 4.79. The molecule has 0 aliphatic carbocycles. The van der Waals surface area contributed by atoms with Gasteiger partial charge in [-0.25, -0.2) is 0 Å². The molecule has 0 saturated carbocycles. The molecule has 2 aromatic rings. The number of carbonyl (C=O) groups is 1. The van der Waals surface area contributed by atoms with Gasteiger partial charge in [-0.3, -0.25) is 9.78 Å². The highest BCUT2D eigenvalue weighted by Gasteiger charge is 2.31. The molecule has 0 radical (unpaired) electrons. The van der Waals surface area contributed by atoms with Gasteiger partial charge in [0.25, 0.3) is 5.91 Å². The third kappa shape index (κ3) is 3.55. The van der Waals surface area contributed by atoms with Crippen molar-refractivity contribution in [1.29, 1.82) is 0 Å². The van der Waals surface area contributed by atoms with Crippen molar-refractivity contribution in [1.82, 2.24) is 4.98 Å². The number of pyridine rings is 1. The number of hydrogen-bond acceptors (Lipinski definition) is 3. The second kappa shape index (κ2) is 6.05. The van der Waals surface area contributed by atoms with Gasteiger partial charge in [0.15, 0.2) is 0 Å². The maximum Gasteiger partial charge on any atom is 0.416 e. The van der Waals surface area contributed by atoms with E-state index >= 15 is 0 Å². The van der Waals surface area contributed by atoms with Crippen LogP contribution in [0.2, 0.25) is 0 Å². The zero-order valence-electron chi connectivity index (χ0n) is 12.0. The van der Waals surface area contributed by atoms with E-state index < -0.39 is 17.6 Å². The lowest BCUT2D eigenvalue weighted by Crippen LogP contribution is -2.18. The van der Waals surface area contributed by atoms with E-state index in [9.17, 15) is 18.0 Å². The number of halogens is 3. The Kier molecular flexibility index (Phi) is 4.35. The maximum atomic E-state index is 12.8. The number of alkyl halides is 3. The predicted octanol–water partition coefficient (Wildman–Crippen LogP) is 3.42. The fraction of sp³-hybridized carbons (Fsp3) is 0.200. The van der Waals surface area contributed by atoms with Gasteiger partial charge in [0.1, 0.15) is 5.69 Å². The third-order valence-corrected chi connectivity index (χ3v) is 2.95. The topological polar surface area (TPSA) is 45.2 Å². The van der Waals surface area contributed by atoms with Crippen molar-refractivity contribution in [3.8, 4) is 0 Å². The van der Waals surface area contributed by atoms with E-state index in [1.807, 2.05) is 0 Å². The smallest absolute Gasteiger partial charge is 0.376 e. The fourth-order valence-electron chi connectivity index (χ4n) is 1.89. The van der Waals surface area contributed by atoms with Crippen molar-refractivity contribution < 1.29 is 18.0 Å². The summed E-state index contributed by atoms with van der Waals surface area (Å²) in [6.07, 6.45) is -3.04. The summed E-state index contributed by atoms with van der Waals surface area (Å²) in [6.45, 7) is 0. The van der Waals surface area contributed by atoms with Crippen LogP contribution >= 0.6 is 0 Å². The monoisotopic (exact) mass is 309 g/mol. The summed E-state index contributed by atoms with van der Waals surface area (Å²) in [7, 11) is 3.36. The molecule has 0 fully saturated rings. The maximum absolute atomic E-state index is 12.8. The first-order chi connectivity index (χ1) is 10.3. The SMILES string of the molecule is CN(C)c1ccc(C(F)(F)F)cc1NC(=O)c1ccccn1. The van der Waals surface area contributed by atoms with E-state index in [2.05, 4.69) is 10.3 Å². The Morgan fingerprint density at radius 1 is 1.18 bits per heavy atom. The van der Waals surface area contributed by atoms with Gasteiger partial charge < -0.3 is 10.2 Å². The number of amides is 1. The van der Waals surface area contributed by atoms with Gasteiger partial charge >= 0.3 is 6.18 Å². The van der Waals surface area contributed by atoms with Gasteiger partial charge in [-0.2, -0.15) is 13.2 Å². The number of nitrogens with one attached hydrogen (secondary N) is 1. The molecule has 4 nitrogen and oxygen atoms in total. The summed E-state index contributed by atoms with van der Waals surface area (Å²) in [5.41, 5.74) is -0.146. The lowest BCUT2D eigenvalue weighted by Gasteiger charge is -2.19. The minimum Gasteiger partial charge on any atom is -0.376 e. The zero-order chi connectivity index (χ0) is 16.3. The molecule has 0 saturated heterocycles. The minimum atomic E-state index is -4.48. The molecule has 0 spiro atoms. The third-order valence-electron chi connectivity index (χ3n) is 2.95. The first kappa shape index (κ1) is 15.8. The average molecular weight is 309 g/mol. The second-order valence-corrected chi connectivity index (χ2v) is 4.79.